The maximum atomic E-state index is 12.7. The van der Waals surface area contributed by atoms with Gasteiger partial charge in [-0.15, -0.1) is 11.3 Å². The highest BCUT2D eigenvalue weighted by atomic mass is 32.1. The molecule has 1 aromatic carbocycles. The number of nitrogens with zero attached hydrogens (tertiary/aromatic N) is 1. The second-order valence-electron chi connectivity index (χ2n) is 5.19. The molecular formula is C17H17NO3S. The Morgan fingerprint density at radius 3 is 2.86 bits per heavy atom. The van der Waals surface area contributed by atoms with Gasteiger partial charge < -0.3 is 9.64 Å². The van der Waals surface area contributed by atoms with Gasteiger partial charge in [0.25, 0.3) is 5.91 Å². The molecule has 2 aromatic rings. The van der Waals surface area contributed by atoms with Gasteiger partial charge in [-0.2, -0.15) is 0 Å². The summed E-state index contributed by atoms with van der Waals surface area (Å²) in [6.45, 7) is 3.08. The molecule has 0 fully saturated rings. The summed E-state index contributed by atoms with van der Waals surface area (Å²) < 4.78 is 5.35. The number of benzene rings is 1. The fourth-order valence-electron chi connectivity index (χ4n) is 2.61. The van der Waals surface area contributed by atoms with E-state index >= 15 is 0 Å². The Morgan fingerprint density at radius 1 is 1.32 bits per heavy atom. The van der Waals surface area contributed by atoms with Crippen molar-refractivity contribution >= 4 is 23.2 Å². The fraction of sp³-hybridized carbons (Fsp3) is 0.294. The van der Waals surface area contributed by atoms with E-state index in [4.69, 9.17) is 4.74 Å². The van der Waals surface area contributed by atoms with Gasteiger partial charge in [0.1, 0.15) is 0 Å². The van der Waals surface area contributed by atoms with Crippen molar-refractivity contribution in [2.45, 2.75) is 26.0 Å². The predicted octanol–water partition coefficient (Wildman–Crippen LogP) is 2.88. The number of hydrogen-bond donors (Lipinski definition) is 0. The van der Waals surface area contributed by atoms with Gasteiger partial charge >= 0.3 is 5.97 Å². The maximum Gasteiger partial charge on any atom is 0.339 e. The first-order chi connectivity index (χ1) is 10.7. The van der Waals surface area contributed by atoms with E-state index in [9.17, 15) is 9.59 Å². The molecule has 5 heteroatoms. The molecule has 0 saturated carbocycles. The average Bonchev–Trinajstić information content (AvgIpc) is 3.05. The van der Waals surface area contributed by atoms with Crippen molar-refractivity contribution < 1.29 is 14.3 Å². The molecule has 114 valence electrons. The van der Waals surface area contributed by atoms with Gasteiger partial charge in [-0.1, -0.05) is 24.3 Å². The van der Waals surface area contributed by atoms with Gasteiger partial charge in [-0.25, -0.2) is 4.79 Å². The van der Waals surface area contributed by atoms with E-state index in [0.29, 0.717) is 25.1 Å². The van der Waals surface area contributed by atoms with Gasteiger partial charge in [0.05, 0.1) is 12.1 Å². The van der Waals surface area contributed by atoms with Crippen molar-refractivity contribution in [3.05, 3.63) is 57.8 Å². The van der Waals surface area contributed by atoms with Crippen LogP contribution in [0.25, 0.3) is 0 Å². The van der Waals surface area contributed by atoms with E-state index in [1.54, 1.807) is 28.4 Å². The van der Waals surface area contributed by atoms with Crippen molar-refractivity contribution in [1.29, 1.82) is 0 Å². The van der Waals surface area contributed by atoms with Gasteiger partial charge in [-0.05, 0) is 30.0 Å². The Bertz CT molecular complexity index is 681. The number of likely N-dealkylation sites (N-methyl/N-ethyl adjacent to an activating group) is 1. The molecule has 2 heterocycles. The molecule has 0 N–H and O–H groups in total. The largest absolute Gasteiger partial charge is 0.448 e. The topological polar surface area (TPSA) is 46.6 Å². The monoisotopic (exact) mass is 315 g/mol. The smallest absolute Gasteiger partial charge is 0.339 e. The second-order valence-corrected chi connectivity index (χ2v) is 6.22. The lowest BCUT2D eigenvalue weighted by Gasteiger charge is -2.29. The first-order valence-corrected chi connectivity index (χ1v) is 8.17. The number of ether oxygens (including phenoxy) is 1. The van der Waals surface area contributed by atoms with Crippen LogP contribution in [0, 0.1) is 0 Å². The van der Waals surface area contributed by atoms with Crippen molar-refractivity contribution in [3.63, 3.8) is 0 Å². The minimum atomic E-state index is -0.720. The van der Waals surface area contributed by atoms with Crippen LogP contribution in [0.3, 0.4) is 0 Å². The molecule has 0 aliphatic carbocycles. The molecule has 22 heavy (non-hydrogen) atoms. The number of hydrogen-bond acceptors (Lipinski definition) is 4. The average molecular weight is 315 g/mol. The number of thiophene rings is 1. The SMILES string of the molecule is CCN(Cc1cccs1)C(=O)C1Cc2ccccc2C(=O)O1. The van der Waals surface area contributed by atoms with E-state index < -0.39 is 12.1 Å². The summed E-state index contributed by atoms with van der Waals surface area (Å²) in [4.78, 5) is 27.6. The normalized spacial score (nSPS) is 16.8. The third-order valence-corrected chi connectivity index (χ3v) is 4.65. The van der Waals surface area contributed by atoms with Gasteiger partial charge in [0, 0.05) is 17.8 Å². The first kappa shape index (κ1) is 14.8. The number of esters is 1. The van der Waals surface area contributed by atoms with E-state index in [1.807, 2.05) is 36.6 Å². The van der Waals surface area contributed by atoms with Crippen LogP contribution in [0.2, 0.25) is 0 Å². The number of carbonyl (C=O) groups is 2. The number of fused-ring (bicyclic) bond motifs is 1. The van der Waals surface area contributed by atoms with E-state index in [1.165, 1.54) is 0 Å². The van der Waals surface area contributed by atoms with Crippen molar-refractivity contribution in [2.24, 2.45) is 0 Å². The van der Waals surface area contributed by atoms with E-state index in [-0.39, 0.29) is 5.91 Å². The van der Waals surface area contributed by atoms with E-state index in [2.05, 4.69) is 0 Å². The molecule has 1 atom stereocenters. The number of amides is 1. The molecule has 1 aliphatic heterocycles. The highest BCUT2D eigenvalue weighted by Gasteiger charge is 2.33. The minimum Gasteiger partial charge on any atom is -0.448 e. The van der Waals surface area contributed by atoms with Crippen LogP contribution in [0.5, 0.6) is 0 Å². The summed E-state index contributed by atoms with van der Waals surface area (Å²) in [5.41, 5.74) is 1.44. The number of carbonyl (C=O) groups excluding carboxylic acids is 2. The standard InChI is InChI=1S/C17H17NO3S/c1-2-18(11-13-7-5-9-22-13)16(19)15-10-12-6-3-4-8-14(12)17(20)21-15/h3-9,15H,2,10-11H2,1H3. The number of rotatable bonds is 4. The van der Waals surface area contributed by atoms with Crippen LogP contribution in [0.15, 0.2) is 41.8 Å². The zero-order chi connectivity index (χ0) is 15.5. The van der Waals surface area contributed by atoms with Crippen molar-refractivity contribution in [1.82, 2.24) is 4.90 Å². The van der Waals surface area contributed by atoms with Crippen molar-refractivity contribution in [3.8, 4) is 0 Å². The third kappa shape index (κ3) is 2.90. The predicted molar refractivity (Wildman–Crippen MR) is 84.8 cm³/mol. The molecule has 0 saturated heterocycles. The van der Waals surface area contributed by atoms with Crippen LogP contribution in [0.4, 0.5) is 0 Å². The lowest BCUT2D eigenvalue weighted by Crippen LogP contribution is -2.44. The third-order valence-electron chi connectivity index (χ3n) is 3.79. The molecule has 1 amide bonds. The summed E-state index contributed by atoms with van der Waals surface area (Å²) in [5.74, 6) is -0.536. The lowest BCUT2D eigenvalue weighted by atomic mass is 9.98. The Labute approximate surface area is 133 Å². The van der Waals surface area contributed by atoms with Crippen LogP contribution in [0.1, 0.15) is 27.7 Å². The molecule has 1 aliphatic rings. The van der Waals surface area contributed by atoms with Crippen LogP contribution >= 0.6 is 11.3 Å². The molecule has 4 nitrogen and oxygen atoms in total. The van der Waals surface area contributed by atoms with Crippen LogP contribution in [-0.2, 0) is 22.5 Å². The minimum absolute atomic E-state index is 0.126. The second kappa shape index (κ2) is 6.32. The first-order valence-electron chi connectivity index (χ1n) is 7.29. The summed E-state index contributed by atoms with van der Waals surface area (Å²) in [6, 6.07) is 11.3. The highest BCUT2D eigenvalue weighted by Crippen LogP contribution is 2.22. The Morgan fingerprint density at radius 2 is 2.14 bits per heavy atom. The summed E-state index contributed by atoms with van der Waals surface area (Å²) in [6.07, 6.45) is -0.274. The molecule has 0 radical (unpaired) electrons. The van der Waals surface area contributed by atoms with Gasteiger partial charge in [0.15, 0.2) is 6.10 Å². The van der Waals surface area contributed by atoms with Crippen LogP contribution < -0.4 is 0 Å². The maximum absolute atomic E-state index is 12.7. The summed E-state index contributed by atoms with van der Waals surface area (Å²) >= 11 is 1.62. The Kier molecular flexibility index (Phi) is 4.24. The summed E-state index contributed by atoms with van der Waals surface area (Å²) in [7, 11) is 0. The molecule has 1 aromatic heterocycles. The molecule has 1 unspecified atom stereocenters. The van der Waals surface area contributed by atoms with Crippen molar-refractivity contribution in [2.75, 3.05) is 6.54 Å². The highest BCUT2D eigenvalue weighted by molar-refractivity contribution is 7.09. The zero-order valence-corrected chi connectivity index (χ0v) is 13.1. The van der Waals surface area contributed by atoms with Gasteiger partial charge in [0.2, 0.25) is 0 Å². The molecular weight excluding hydrogens is 298 g/mol. The van der Waals surface area contributed by atoms with Crippen LogP contribution in [-0.4, -0.2) is 29.4 Å². The number of cyclic esters (lactones) is 1. The summed E-state index contributed by atoms with van der Waals surface area (Å²) in [5, 5.41) is 1.99. The Balaban J connectivity index is 1.76. The zero-order valence-electron chi connectivity index (χ0n) is 12.3. The molecule has 0 spiro atoms. The molecule has 0 bridgehead atoms. The fourth-order valence-corrected chi connectivity index (χ4v) is 3.33. The Hall–Kier alpha value is -2.14. The van der Waals surface area contributed by atoms with E-state index in [0.717, 1.165) is 10.4 Å². The molecule has 3 rings (SSSR count). The lowest BCUT2D eigenvalue weighted by molar-refractivity contribution is -0.141. The quantitative estimate of drug-likeness (QED) is 0.815. The van der Waals surface area contributed by atoms with Gasteiger partial charge in [-0.3, -0.25) is 4.79 Å².